The van der Waals surface area contributed by atoms with Crippen molar-refractivity contribution in [1.29, 1.82) is 0 Å². The lowest BCUT2D eigenvalue weighted by Crippen LogP contribution is -2.15. The molecule has 2 aromatic rings. The number of carbonyl (C=O) groups is 4. The van der Waals surface area contributed by atoms with Crippen LogP contribution in [0.2, 0.25) is 0 Å². The monoisotopic (exact) mass is 762 g/mol. The molecule has 0 amide bonds. The minimum Gasteiger partial charge on any atom is -0.493 e. The molecule has 0 spiro atoms. The molecule has 0 aromatic heterocycles. The number of para-hydroxylation sites is 1. The van der Waals surface area contributed by atoms with Crippen molar-refractivity contribution in [1.82, 2.24) is 0 Å². The van der Waals surface area contributed by atoms with E-state index in [-0.39, 0.29) is 17.9 Å². The van der Waals surface area contributed by atoms with Crippen LogP contribution in [0.3, 0.4) is 0 Å². The van der Waals surface area contributed by atoms with Gasteiger partial charge in [-0.3, -0.25) is 9.59 Å². The molecule has 0 unspecified atom stereocenters. The van der Waals surface area contributed by atoms with Crippen LogP contribution in [0, 0.1) is 5.92 Å². The summed E-state index contributed by atoms with van der Waals surface area (Å²) in [5.74, 6) is 1.12. The molecule has 1 saturated carbocycles. The van der Waals surface area contributed by atoms with E-state index in [0.717, 1.165) is 57.3 Å². The van der Waals surface area contributed by atoms with E-state index in [9.17, 15) is 19.2 Å². The van der Waals surface area contributed by atoms with Crippen LogP contribution < -0.4 is 9.47 Å². The lowest BCUT2D eigenvalue weighted by molar-refractivity contribution is -0.145. The maximum Gasteiger partial charge on any atom is 0.347 e. The molecule has 9 heteroatoms. The number of rotatable bonds is 28. The topological polar surface area (TPSA) is 114 Å². The Hall–Kier alpha value is -4.14. The maximum atomic E-state index is 13.4. The highest BCUT2D eigenvalue weighted by atomic mass is 16.5. The lowest BCUT2D eigenvalue weighted by Gasteiger charge is -2.29. The predicted molar refractivity (Wildman–Crippen MR) is 215 cm³/mol. The first-order valence-electron chi connectivity index (χ1n) is 20.9. The zero-order valence-electron chi connectivity index (χ0n) is 33.6. The van der Waals surface area contributed by atoms with Gasteiger partial charge in [0.15, 0.2) is 0 Å². The summed E-state index contributed by atoms with van der Waals surface area (Å²) in [6.07, 6.45) is 18.5. The molecule has 1 fully saturated rings. The van der Waals surface area contributed by atoms with E-state index in [1.165, 1.54) is 44.1 Å². The third-order valence-electron chi connectivity index (χ3n) is 10.2. The molecule has 1 aliphatic rings. The van der Waals surface area contributed by atoms with Crippen molar-refractivity contribution in [3.8, 4) is 11.5 Å². The summed E-state index contributed by atoms with van der Waals surface area (Å²) >= 11 is 0. The average molecular weight is 763 g/mol. The van der Waals surface area contributed by atoms with Crippen LogP contribution >= 0.6 is 0 Å². The van der Waals surface area contributed by atoms with E-state index >= 15 is 0 Å². The molecule has 2 aromatic carbocycles. The standard InChI is InChI=1S/C46H66O9/c1-4-5-11-20-37-25-27-38(28-26-37)39-29-30-42(41(35-39)46(50)55-40-21-12-8-13-22-40)51-31-16-6-7-17-32-52-43(47)23-14-9-18-33-53-44(48)24-15-10-19-34-54-45(49)36(2)3/h8,12-13,21-22,29-30,35,37-38H,2,4-7,9-11,14-20,23-28,31-34H2,1,3H3/t37-,38-. The van der Waals surface area contributed by atoms with E-state index in [0.29, 0.717) is 93.5 Å². The van der Waals surface area contributed by atoms with Gasteiger partial charge in [0, 0.05) is 18.4 Å². The van der Waals surface area contributed by atoms with Gasteiger partial charge in [-0.25, -0.2) is 9.59 Å². The SMILES string of the molecule is C=C(C)C(=O)OCCCCCC(=O)OCCCCCC(=O)OCCCCCCOc1ccc([C@H]2CC[C@H](CCCCC)CC2)cc1C(=O)Oc1ccccc1. The van der Waals surface area contributed by atoms with Gasteiger partial charge in [0.05, 0.1) is 26.4 Å². The summed E-state index contributed by atoms with van der Waals surface area (Å²) in [7, 11) is 0. The van der Waals surface area contributed by atoms with E-state index < -0.39 is 5.97 Å². The molecule has 0 atom stereocenters. The minimum atomic E-state index is -0.401. The van der Waals surface area contributed by atoms with Crippen molar-refractivity contribution in [3.05, 3.63) is 71.8 Å². The van der Waals surface area contributed by atoms with Gasteiger partial charge in [-0.1, -0.05) is 63.5 Å². The summed E-state index contributed by atoms with van der Waals surface area (Å²) in [6.45, 7) is 8.95. The highest BCUT2D eigenvalue weighted by Crippen LogP contribution is 2.39. The summed E-state index contributed by atoms with van der Waals surface area (Å²) in [5.41, 5.74) is 2.04. The van der Waals surface area contributed by atoms with Gasteiger partial charge in [-0.2, -0.15) is 0 Å². The van der Waals surface area contributed by atoms with Crippen LogP contribution in [0.1, 0.15) is 164 Å². The predicted octanol–water partition coefficient (Wildman–Crippen LogP) is 11.0. The highest BCUT2D eigenvalue weighted by molar-refractivity contribution is 5.94. The van der Waals surface area contributed by atoms with Crippen molar-refractivity contribution in [2.45, 2.75) is 148 Å². The number of hydrogen-bond donors (Lipinski definition) is 0. The Morgan fingerprint density at radius 1 is 0.655 bits per heavy atom. The average Bonchev–Trinajstić information content (AvgIpc) is 3.19. The Morgan fingerprint density at radius 2 is 1.24 bits per heavy atom. The van der Waals surface area contributed by atoms with Crippen LogP contribution in [-0.2, 0) is 28.6 Å². The number of hydrogen-bond acceptors (Lipinski definition) is 9. The van der Waals surface area contributed by atoms with Gasteiger partial charge in [0.1, 0.15) is 17.1 Å². The maximum absolute atomic E-state index is 13.4. The first-order chi connectivity index (χ1) is 26.8. The Morgan fingerprint density at radius 3 is 1.84 bits per heavy atom. The third kappa shape index (κ3) is 19.3. The van der Waals surface area contributed by atoms with E-state index in [2.05, 4.69) is 19.6 Å². The fourth-order valence-electron chi connectivity index (χ4n) is 6.85. The minimum absolute atomic E-state index is 0.201. The molecule has 3 rings (SSSR count). The molecular weight excluding hydrogens is 696 g/mol. The van der Waals surface area contributed by atoms with E-state index in [4.69, 9.17) is 23.7 Å². The van der Waals surface area contributed by atoms with Crippen molar-refractivity contribution >= 4 is 23.9 Å². The molecule has 0 aliphatic heterocycles. The first kappa shape index (κ1) is 45.3. The zero-order chi connectivity index (χ0) is 39.5. The van der Waals surface area contributed by atoms with Crippen molar-refractivity contribution in [2.75, 3.05) is 26.4 Å². The Labute approximate surface area is 329 Å². The highest BCUT2D eigenvalue weighted by Gasteiger charge is 2.25. The Kier molecular flexibility index (Phi) is 22.6. The van der Waals surface area contributed by atoms with Crippen LogP contribution in [0.15, 0.2) is 60.7 Å². The molecule has 0 N–H and O–H groups in total. The normalized spacial score (nSPS) is 15.2. The van der Waals surface area contributed by atoms with Crippen molar-refractivity contribution in [2.24, 2.45) is 5.92 Å². The fourth-order valence-corrected chi connectivity index (χ4v) is 6.85. The van der Waals surface area contributed by atoms with Crippen molar-refractivity contribution < 1.29 is 42.9 Å². The molecule has 0 saturated heterocycles. The van der Waals surface area contributed by atoms with Gasteiger partial charge >= 0.3 is 23.9 Å². The zero-order valence-corrected chi connectivity index (χ0v) is 33.6. The first-order valence-corrected chi connectivity index (χ1v) is 20.9. The number of ether oxygens (including phenoxy) is 5. The number of carbonyl (C=O) groups excluding carboxylic acids is 4. The van der Waals surface area contributed by atoms with E-state index in [1.807, 2.05) is 30.3 Å². The molecule has 1 aliphatic carbocycles. The van der Waals surface area contributed by atoms with Gasteiger partial charge in [0.2, 0.25) is 0 Å². The summed E-state index contributed by atoms with van der Waals surface area (Å²) in [6, 6.07) is 15.2. The fraction of sp³-hybridized carbons (Fsp3) is 0.609. The molecule has 304 valence electrons. The van der Waals surface area contributed by atoms with Crippen LogP contribution in [0.5, 0.6) is 11.5 Å². The number of benzene rings is 2. The summed E-state index contributed by atoms with van der Waals surface area (Å²) in [5, 5.41) is 0. The quantitative estimate of drug-likeness (QED) is 0.0275. The molecule has 0 radical (unpaired) electrons. The molecule has 0 bridgehead atoms. The van der Waals surface area contributed by atoms with Gasteiger partial charge in [-0.15, -0.1) is 0 Å². The van der Waals surface area contributed by atoms with Crippen LogP contribution in [-0.4, -0.2) is 50.3 Å². The lowest BCUT2D eigenvalue weighted by atomic mass is 9.77. The largest absolute Gasteiger partial charge is 0.493 e. The third-order valence-corrected chi connectivity index (χ3v) is 10.2. The van der Waals surface area contributed by atoms with Gasteiger partial charge in [-0.05, 0) is 138 Å². The number of unbranched alkanes of at least 4 members (excludes halogenated alkanes) is 9. The second-order valence-corrected chi connectivity index (χ2v) is 14.9. The molecule has 9 nitrogen and oxygen atoms in total. The van der Waals surface area contributed by atoms with E-state index in [1.54, 1.807) is 19.1 Å². The Bertz CT molecular complexity index is 1430. The van der Waals surface area contributed by atoms with Crippen molar-refractivity contribution in [3.63, 3.8) is 0 Å². The second-order valence-electron chi connectivity index (χ2n) is 14.9. The molecule has 0 heterocycles. The van der Waals surface area contributed by atoms with Gasteiger partial charge < -0.3 is 23.7 Å². The summed E-state index contributed by atoms with van der Waals surface area (Å²) in [4.78, 5) is 48.7. The Balaban J connectivity index is 1.25. The molecule has 55 heavy (non-hydrogen) atoms. The second kappa shape index (κ2) is 27.4. The number of esters is 4. The molecular formula is C46H66O9. The smallest absolute Gasteiger partial charge is 0.347 e. The summed E-state index contributed by atoms with van der Waals surface area (Å²) < 4.78 is 27.6. The van der Waals surface area contributed by atoms with Crippen LogP contribution in [0.25, 0.3) is 0 Å². The van der Waals surface area contributed by atoms with Gasteiger partial charge in [0.25, 0.3) is 0 Å². The van der Waals surface area contributed by atoms with Crippen LogP contribution in [0.4, 0.5) is 0 Å².